The molecule has 5 heteroatoms. The van der Waals surface area contributed by atoms with Crippen LogP contribution >= 0.6 is 0 Å². The van der Waals surface area contributed by atoms with Crippen LogP contribution in [0.3, 0.4) is 0 Å². The fraction of sp³-hybridized carbons (Fsp3) is 0.231. The number of carbonyl (C=O) groups is 2. The topological polar surface area (TPSA) is 67.4 Å². The number of carbonyl (C=O) groups excluding carboxylic acids is 2. The number of anilines is 2. The predicted molar refractivity (Wildman–Crippen MR) is 125 cm³/mol. The number of aryl methyl sites for hydroxylation is 2. The van der Waals surface area contributed by atoms with E-state index in [-0.39, 0.29) is 17.9 Å². The van der Waals surface area contributed by atoms with Gasteiger partial charge in [0.1, 0.15) is 5.75 Å². The van der Waals surface area contributed by atoms with E-state index in [2.05, 4.69) is 17.6 Å². The molecular formula is C26H28N2O3. The molecule has 0 aliphatic rings. The molecule has 0 radical (unpaired) electrons. The molecule has 31 heavy (non-hydrogen) atoms. The molecule has 0 aromatic heterocycles. The van der Waals surface area contributed by atoms with Crippen LogP contribution in [0.2, 0.25) is 0 Å². The minimum Gasteiger partial charge on any atom is -0.491 e. The molecule has 3 aromatic rings. The van der Waals surface area contributed by atoms with E-state index in [1.165, 1.54) is 0 Å². The number of rotatable bonds is 7. The van der Waals surface area contributed by atoms with E-state index in [1.807, 2.05) is 39.0 Å². The first-order valence-electron chi connectivity index (χ1n) is 10.4. The number of amides is 2. The zero-order valence-electron chi connectivity index (χ0n) is 18.4. The molecule has 0 bridgehead atoms. The highest BCUT2D eigenvalue weighted by Crippen LogP contribution is 2.21. The maximum atomic E-state index is 12.8. The Bertz CT molecular complexity index is 1070. The first-order valence-corrected chi connectivity index (χ1v) is 10.4. The van der Waals surface area contributed by atoms with Gasteiger partial charge in [-0.05, 0) is 86.8 Å². The Balaban J connectivity index is 1.73. The summed E-state index contributed by atoms with van der Waals surface area (Å²) in [6.45, 7) is 8.08. The van der Waals surface area contributed by atoms with Crippen molar-refractivity contribution in [3.05, 3.63) is 89.0 Å². The molecule has 1 unspecified atom stereocenters. The van der Waals surface area contributed by atoms with E-state index in [9.17, 15) is 9.59 Å². The van der Waals surface area contributed by atoms with Gasteiger partial charge in [-0.3, -0.25) is 9.59 Å². The van der Waals surface area contributed by atoms with E-state index >= 15 is 0 Å². The fourth-order valence-electron chi connectivity index (χ4n) is 3.00. The first kappa shape index (κ1) is 22.1. The number of nitrogens with one attached hydrogen (secondary N) is 2. The van der Waals surface area contributed by atoms with Gasteiger partial charge in [0.05, 0.1) is 17.4 Å². The van der Waals surface area contributed by atoms with Gasteiger partial charge in [0.25, 0.3) is 11.8 Å². The molecule has 0 heterocycles. The Morgan fingerprint density at radius 3 is 2.26 bits per heavy atom. The number of hydrogen-bond donors (Lipinski definition) is 2. The molecule has 0 saturated heterocycles. The molecule has 5 nitrogen and oxygen atoms in total. The van der Waals surface area contributed by atoms with Crippen molar-refractivity contribution in [1.82, 2.24) is 0 Å². The van der Waals surface area contributed by atoms with Gasteiger partial charge in [-0.25, -0.2) is 0 Å². The Morgan fingerprint density at radius 2 is 1.58 bits per heavy atom. The summed E-state index contributed by atoms with van der Waals surface area (Å²) in [5, 5.41) is 5.75. The number of benzene rings is 3. The van der Waals surface area contributed by atoms with Gasteiger partial charge >= 0.3 is 0 Å². The summed E-state index contributed by atoms with van der Waals surface area (Å²) in [5.74, 6) is 0.150. The summed E-state index contributed by atoms with van der Waals surface area (Å²) in [5.41, 5.74) is 4.30. The van der Waals surface area contributed by atoms with Crippen LogP contribution in [0.4, 0.5) is 11.4 Å². The molecule has 0 aliphatic carbocycles. The van der Waals surface area contributed by atoms with E-state index < -0.39 is 0 Å². The van der Waals surface area contributed by atoms with Crippen LogP contribution in [-0.2, 0) is 0 Å². The highest BCUT2D eigenvalue weighted by molar-refractivity contribution is 6.12. The van der Waals surface area contributed by atoms with E-state index in [1.54, 1.807) is 48.5 Å². The Labute approximate surface area is 183 Å². The predicted octanol–water partition coefficient (Wildman–Crippen LogP) is 5.99. The summed E-state index contributed by atoms with van der Waals surface area (Å²) >= 11 is 0. The van der Waals surface area contributed by atoms with E-state index in [0.717, 1.165) is 23.3 Å². The SMILES string of the molecule is CCC(C)Oc1ccc(C(=O)Nc2ccccc2C(=O)Nc2ccc(C)c(C)c2)cc1. The van der Waals surface area contributed by atoms with Crippen molar-refractivity contribution in [1.29, 1.82) is 0 Å². The van der Waals surface area contributed by atoms with Crippen LogP contribution in [0, 0.1) is 13.8 Å². The smallest absolute Gasteiger partial charge is 0.257 e. The molecule has 160 valence electrons. The molecule has 0 spiro atoms. The van der Waals surface area contributed by atoms with Gasteiger partial charge in [-0.2, -0.15) is 0 Å². The molecule has 0 fully saturated rings. The van der Waals surface area contributed by atoms with Crippen LogP contribution in [0.1, 0.15) is 52.1 Å². The van der Waals surface area contributed by atoms with Gasteiger partial charge in [0.15, 0.2) is 0 Å². The van der Waals surface area contributed by atoms with Gasteiger partial charge in [0.2, 0.25) is 0 Å². The third-order valence-corrected chi connectivity index (χ3v) is 5.21. The maximum Gasteiger partial charge on any atom is 0.257 e. The van der Waals surface area contributed by atoms with Crippen molar-refractivity contribution in [2.45, 2.75) is 40.2 Å². The summed E-state index contributed by atoms with van der Waals surface area (Å²) in [6.07, 6.45) is 1.02. The fourth-order valence-corrected chi connectivity index (χ4v) is 3.00. The highest BCUT2D eigenvalue weighted by Gasteiger charge is 2.15. The van der Waals surface area contributed by atoms with Crippen LogP contribution < -0.4 is 15.4 Å². The van der Waals surface area contributed by atoms with Crippen LogP contribution in [-0.4, -0.2) is 17.9 Å². The van der Waals surface area contributed by atoms with Crippen molar-refractivity contribution in [3.63, 3.8) is 0 Å². The first-order chi connectivity index (χ1) is 14.9. The van der Waals surface area contributed by atoms with Crippen molar-refractivity contribution >= 4 is 23.2 Å². The lowest BCUT2D eigenvalue weighted by Crippen LogP contribution is -2.18. The molecule has 3 rings (SSSR count). The minimum absolute atomic E-state index is 0.113. The van der Waals surface area contributed by atoms with Crippen LogP contribution in [0.25, 0.3) is 0 Å². The second kappa shape index (κ2) is 9.94. The van der Waals surface area contributed by atoms with Gasteiger partial charge < -0.3 is 15.4 Å². The molecule has 1 atom stereocenters. The lowest BCUT2D eigenvalue weighted by molar-refractivity contribution is 0.102. The van der Waals surface area contributed by atoms with Crippen molar-refractivity contribution in [2.75, 3.05) is 10.6 Å². The highest BCUT2D eigenvalue weighted by atomic mass is 16.5. The summed E-state index contributed by atoms with van der Waals surface area (Å²) in [7, 11) is 0. The summed E-state index contributed by atoms with van der Waals surface area (Å²) in [6, 6.07) is 19.7. The average Bonchev–Trinajstić information content (AvgIpc) is 2.77. The lowest BCUT2D eigenvalue weighted by Gasteiger charge is -2.14. The largest absolute Gasteiger partial charge is 0.491 e. The minimum atomic E-state index is -0.290. The standard InChI is InChI=1S/C26H28N2O3/c1-5-19(4)31-22-14-11-20(12-15-22)25(29)28-24-9-7-6-8-23(24)26(30)27-21-13-10-17(2)18(3)16-21/h6-16,19H,5H2,1-4H3,(H,27,30)(H,28,29). The Kier molecular flexibility index (Phi) is 7.08. The zero-order chi connectivity index (χ0) is 22.4. The van der Waals surface area contributed by atoms with Crippen molar-refractivity contribution < 1.29 is 14.3 Å². The zero-order valence-corrected chi connectivity index (χ0v) is 18.4. The van der Waals surface area contributed by atoms with Crippen LogP contribution in [0.15, 0.2) is 66.7 Å². The van der Waals surface area contributed by atoms with Crippen molar-refractivity contribution in [2.24, 2.45) is 0 Å². The Morgan fingerprint density at radius 1 is 0.871 bits per heavy atom. The Hall–Kier alpha value is -3.60. The molecular weight excluding hydrogens is 388 g/mol. The number of para-hydroxylation sites is 1. The molecule has 3 aromatic carbocycles. The summed E-state index contributed by atoms with van der Waals surface area (Å²) < 4.78 is 5.75. The van der Waals surface area contributed by atoms with E-state index in [4.69, 9.17) is 4.74 Å². The quantitative estimate of drug-likeness (QED) is 0.497. The van der Waals surface area contributed by atoms with Gasteiger partial charge in [-0.1, -0.05) is 25.1 Å². The third-order valence-electron chi connectivity index (χ3n) is 5.21. The lowest BCUT2D eigenvalue weighted by atomic mass is 10.1. The summed E-state index contributed by atoms with van der Waals surface area (Å²) in [4.78, 5) is 25.6. The second-order valence-electron chi connectivity index (χ2n) is 7.61. The molecule has 2 N–H and O–H groups in total. The van der Waals surface area contributed by atoms with Gasteiger partial charge in [-0.15, -0.1) is 0 Å². The monoisotopic (exact) mass is 416 g/mol. The molecule has 2 amide bonds. The normalized spacial score (nSPS) is 11.5. The average molecular weight is 417 g/mol. The number of hydrogen-bond acceptors (Lipinski definition) is 3. The van der Waals surface area contributed by atoms with Crippen molar-refractivity contribution in [3.8, 4) is 5.75 Å². The molecule has 0 aliphatic heterocycles. The second-order valence-corrected chi connectivity index (χ2v) is 7.61. The molecule has 0 saturated carbocycles. The van der Waals surface area contributed by atoms with Crippen LogP contribution in [0.5, 0.6) is 5.75 Å². The number of ether oxygens (including phenoxy) is 1. The van der Waals surface area contributed by atoms with Gasteiger partial charge in [0, 0.05) is 11.3 Å². The van der Waals surface area contributed by atoms with E-state index in [0.29, 0.717) is 22.5 Å². The maximum absolute atomic E-state index is 12.8. The third kappa shape index (κ3) is 5.72.